The fourth-order valence-corrected chi connectivity index (χ4v) is 1.77. The first-order valence-corrected chi connectivity index (χ1v) is 5.31. The highest BCUT2D eigenvalue weighted by atomic mass is 32.2. The largest absolute Gasteiger partial charge is 0.311 e. The molecule has 0 fully saturated rings. The fourth-order valence-electron chi connectivity index (χ4n) is 0.969. The molecule has 0 aromatic rings. The van der Waals surface area contributed by atoms with Gasteiger partial charge in [-0.25, -0.2) is 0 Å². The van der Waals surface area contributed by atoms with Gasteiger partial charge in [0.25, 0.3) is 0 Å². The molecule has 0 rings (SSSR count). The van der Waals surface area contributed by atoms with Gasteiger partial charge in [-0.15, -0.1) is 0 Å². The molecule has 0 aliphatic heterocycles. The van der Waals surface area contributed by atoms with Gasteiger partial charge in [-0.3, -0.25) is 4.21 Å². The second-order valence-corrected chi connectivity index (χ2v) is 4.44. The summed E-state index contributed by atoms with van der Waals surface area (Å²) in [5, 5.41) is 3.28. The Balaban J connectivity index is 3.43. The molecule has 62 valence electrons. The van der Waals surface area contributed by atoms with E-state index in [1.54, 1.807) is 6.26 Å². The van der Waals surface area contributed by atoms with Crippen LogP contribution in [0.2, 0.25) is 0 Å². The molecule has 0 heterocycles. The van der Waals surface area contributed by atoms with Crippen LogP contribution < -0.4 is 5.32 Å². The maximum absolute atomic E-state index is 10.7. The third kappa shape index (κ3) is 6.23. The molecule has 0 bridgehead atoms. The molecular formula is C7H17NOS. The van der Waals surface area contributed by atoms with Crippen LogP contribution in [0.3, 0.4) is 0 Å². The van der Waals surface area contributed by atoms with Crippen molar-refractivity contribution in [1.82, 2.24) is 5.32 Å². The van der Waals surface area contributed by atoms with E-state index in [-0.39, 0.29) is 0 Å². The van der Waals surface area contributed by atoms with Crippen LogP contribution in [0, 0.1) is 0 Å². The van der Waals surface area contributed by atoms with E-state index in [2.05, 4.69) is 26.1 Å². The van der Waals surface area contributed by atoms with Gasteiger partial charge >= 0.3 is 0 Å². The van der Waals surface area contributed by atoms with Crippen molar-refractivity contribution in [2.24, 2.45) is 0 Å². The zero-order valence-electron chi connectivity index (χ0n) is 7.18. The van der Waals surface area contributed by atoms with E-state index in [0.29, 0.717) is 12.1 Å². The molecular weight excluding hydrogens is 146 g/mol. The number of hydrogen-bond donors (Lipinski definition) is 1. The third-order valence-electron chi connectivity index (χ3n) is 1.10. The first-order chi connectivity index (χ1) is 4.52. The summed E-state index contributed by atoms with van der Waals surface area (Å²) in [6.45, 7) is 6.24. The molecule has 0 aliphatic carbocycles. The monoisotopic (exact) mass is 163 g/mol. The molecule has 1 N–H and O–H groups in total. The molecule has 10 heavy (non-hydrogen) atoms. The molecule has 0 spiro atoms. The summed E-state index contributed by atoms with van der Waals surface area (Å²) in [4.78, 5) is 0. The molecule has 3 heteroatoms. The van der Waals surface area contributed by atoms with Crippen molar-refractivity contribution in [2.75, 3.05) is 12.0 Å². The molecule has 0 saturated carbocycles. The molecule has 0 saturated heterocycles. The summed E-state index contributed by atoms with van der Waals surface area (Å²) in [5.41, 5.74) is 0. The normalized spacial score (nSPS) is 17.3. The van der Waals surface area contributed by atoms with Crippen LogP contribution >= 0.6 is 0 Å². The minimum absolute atomic E-state index is 0.367. The lowest BCUT2D eigenvalue weighted by Crippen LogP contribution is -2.35. The van der Waals surface area contributed by atoms with E-state index in [0.717, 1.165) is 5.75 Å². The highest BCUT2D eigenvalue weighted by molar-refractivity contribution is 7.84. The zero-order chi connectivity index (χ0) is 8.15. The highest BCUT2D eigenvalue weighted by Crippen LogP contribution is 1.88. The second-order valence-electron chi connectivity index (χ2n) is 2.96. The van der Waals surface area contributed by atoms with Gasteiger partial charge in [-0.2, -0.15) is 0 Å². The van der Waals surface area contributed by atoms with Crippen molar-refractivity contribution in [3.8, 4) is 0 Å². The van der Waals surface area contributed by atoms with E-state index in [1.165, 1.54) is 0 Å². The molecule has 2 atom stereocenters. The van der Waals surface area contributed by atoms with E-state index >= 15 is 0 Å². The summed E-state index contributed by atoms with van der Waals surface area (Å²) < 4.78 is 10.7. The standard InChI is InChI=1S/C7H17NOS/c1-6(2)8-7(3)5-10(4)9/h6-8H,5H2,1-4H3. The Bertz CT molecular complexity index is 114. The van der Waals surface area contributed by atoms with Gasteiger partial charge in [0.2, 0.25) is 0 Å². The Morgan fingerprint density at radius 1 is 1.40 bits per heavy atom. The quantitative estimate of drug-likeness (QED) is 0.662. The summed E-state index contributed by atoms with van der Waals surface area (Å²) in [6, 6.07) is 0.851. The molecule has 0 aromatic carbocycles. The lowest BCUT2D eigenvalue weighted by Gasteiger charge is -2.14. The minimum atomic E-state index is -0.675. The van der Waals surface area contributed by atoms with Crippen molar-refractivity contribution in [3.63, 3.8) is 0 Å². The first-order valence-electron chi connectivity index (χ1n) is 3.58. The molecule has 2 nitrogen and oxygen atoms in total. The zero-order valence-corrected chi connectivity index (χ0v) is 7.99. The summed E-state index contributed by atoms with van der Waals surface area (Å²) in [7, 11) is -0.675. The number of rotatable bonds is 4. The molecule has 2 unspecified atom stereocenters. The summed E-state index contributed by atoms with van der Waals surface area (Å²) in [5.74, 6) is 0.748. The van der Waals surface area contributed by atoms with Crippen molar-refractivity contribution in [3.05, 3.63) is 0 Å². The van der Waals surface area contributed by atoms with Gasteiger partial charge in [-0.1, -0.05) is 13.8 Å². The van der Waals surface area contributed by atoms with Crippen molar-refractivity contribution in [2.45, 2.75) is 32.9 Å². The van der Waals surface area contributed by atoms with Crippen LogP contribution in [-0.4, -0.2) is 28.3 Å². The fraction of sp³-hybridized carbons (Fsp3) is 1.00. The SMILES string of the molecule is CC(C)NC(C)CS(C)=O. The van der Waals surface area contributed by atoms with Gasteiger partial charge in [0.15, 0.2) is 0 Å². The Labute approximate surface area is 65.9 Å². The molecule has 0 radical (unpaired) electrons. The third-order valence-corrected chi connectivity index (χ3v) is 2.07. The van der Waals surface area contributed by atoms with Gasteiger partial charge in [0.05, 0.1) is 0 Å². The first kappa shape index (κ1) is 10.1. The topological polar surface area (TPSA) is 29.1 Å². The van der Waals surface area contributed by atoms with Crippen LogP contribution in [-0.2, 0) is 10.8 Å². The van der Waals surface area contributed by atoms with Crippen molar-refractivity contribution < 1.29 is 4.21 Å². The molecule has 0 aliphatic rings. The van der Waals surface area contributed by atoms with Crippen LogP contribution in [0.15, 0.2) is 0 Å². The van der Waals surface area contributed by atoms with Gasteiger partial charge in [-0.05, 0) is 6.92 Å². The Morgan fingerprint density at radius 2 is 1.90 bits per heavy atom. The lowest BCUT2D eigenvalue weighted by molar-refractivity contribution is 0.520. The maximum Gasteiger partial charge on any atom is 0.0383 e. The predicted octanol–water partition coefficient (Wildman–Crippen LogP) is 0.751. The summed E-state index contributed by atoms with van der Waals surface area (Å²) >= 11 is 0. The van der Waals surface area contributed by atoms with E-state index < -0.39 is 10.8 Å². The number of nitrogens with one attached hydrogen (secondary N) is 1. The summed E-state index contributed by atoms with van der Waals surface area (Å²) in [6.07, 6.45) is 1.73. The van der Waals surface area contributed by atoms with E-state index in [1.807, 2.05) is 0 Å². The van der Waals surface area contributed by atoms with E-state index in [4.69, 9.17) is 0 Å². The van der Waals surface area contributed by atoms with Crippen molar-refractivity contribution in [1.29, 1.82) is 0 Å². The lowest BCUT2D eigenvalue weighted by atomic mass is 10.3. The minimum Gasteiger partial charge on any atom is -0.311 e. The maximum atomic E-state index is 10.7. The van der Waals surface area contributed by atoms with Gasteiger partial charge in [0, 0.05) is 34.9 Å². The Morgan fingerprint density at radius 3 is 2.20 bits per heavy atom. The van der Waals surface area contributed by atoms with Crippen LogP contribution in [0.5, 0.6) is 0 Å². The van der Waals surface area contributed by atoms with Crippen LogP contribution in [0.25, 0.3) is 0 Å². The van der Waals surface area contributed by atoms with Crippen molar-refractivity contribution >= 4 is 10.8 Å². The van der Waals surface area contributed by atoms with Gasteiger partial charge in [0.1, 0.15) is 0 Å². The number of hydrogen-bond acceptors (Lipinski definition) is 2. The van der Waals surface area contributed by atoms with Gasteiger partial charge < -0.3 is 5.32 Å². The molecule has 0 aromatic heterocycles. The average Bonchev–Trinajstić information content (AvgIpc) is 1.58. The van der Waals surface area contributed by atoms with Crippen LogP contribution in [0.4, 0.5) is 0 Å². The smallest absolute Gasteiger partial charge is 0.0383 e. The average molecular weight is 163 g/mol. The second kappa shape index (κ2) is 4.85. The highest BCUT2D eigenvalue weighted by Gasteiger charge is 2.03. The van der Waals surface area contributed by atoms with E-state index in [9.17, 15) is 4.21 Å². The predicted molar refractivity (Wildman–Crippen MR) is 46.7 cm³/mol. The Hall–Kier alpha value is 0.110. The van der Waals surface area contributed by atoms with Crippen LogP contribution in [0.1, 0.15) is 20.8 Å². The molecule has 0 amide bonds. The Kier molecular flexibility index (Phi) is 4.91.